The number of hydrogen-bond acceptors (Lipinski definition) is 4. The van der Waals surface area contributed by atoms with Gasteiger partial charge in [0.25, 0.3) is 5.91 Å². The first-order valence-electron chi connectivity index (χ1n) is 10.8. The molecule has 3 heterocycles. The lowest BCUT2D eigenvalue weighted by molar-refractivity contribution is -0.121. The summed E-state index contributed by atoms with van der Waals surface area (Å²) < 4.78 is 1.87. The monoisotopic (exact) mass is 409 g/mol. The number of aryl methyl sites for hydroxylation is 2. The molecule has 30 heavy (non-hydrogen) atoms. The molecule has 0 aliphatic carbocycles. The molecule has 2 aliphatic rings. The highest BCUT2D eigenvalue weighted by Gasteiger charge is 2.40. The number of piperazine rings is 1. The van der Waals surface area contributed by atoms with Gasteiger partial charge in [-0.2, -0.15) is 5.10 Å². The minimum absolute atomic E-state index is 0.0555. The van der Waals surface area contributed by atoms with Crippen molar-refractivity contribution in [2.75, 3.05) is 26.2 Å². The van der Waals surface area contributed by atoms with Crippen molar-refractivity contribution in [2.45, 2.75) is 45.2 Å². The van der Waals surface area contributed by atoms with E-state index >= 15 is 0 Å². The van der Waals surface area contributed by atoms with Gasteiger partial charge in [-0.3, -0.25) is 19.2 Å². The Morgan fingerprint density at radius 2 is 1.93 bits per heavy atom. The van der Waals surface area contributed by atoms with Crippen LogP contribution in [0.25, 0.3) is 0 Å². The van der Waals surface area contributed by atoms with Gasteiger partial charge in [0.15, 0.2) is 0 Å². The molecular formula is C23H31N5O2. The fourth-order valence-corrected chi connectivity index (χ4v) is 4.77. The molecule has 2 aliphatic heterocycles. The SMILES string of the molecule is Cc1nn(C)c(C)c1CCC(=O)NC[C@H]1CN(C(=O)c2ccccc2)[C@H]2CCN1C2. The van der Waals surface area contributed by atoms with E-state index in [1.165, 1.54) is 0 Å². The molecule has 1 aromatic heterocycles. The molecule has 1 N–H and O–H groups in total. The number of aromatic nitrogens is 2. The average molecular weight is 410 g/mol. The van der Waals surface area contributed by atoms with Gasteiger partial charge in [0.2, 0.25) is 5.91 Å². The van der Waals surface area contributed by atoms with E-state index in [1.807, 2.05) is 60.8 Å². The van der Waals surface area contributed by atoms with Crippen LogP contribution in [0.1, 0.15) is 40.2 Å². The number of carbonyl (C=O) groups excluding carboxylic acids is 2. The van der Waals surface area contributed by atoms with Gasteiger partial charge in [-0.25, -0.2) is 0 Å². The molecule has 160 valence electrons. The maximum Gasteiger partial charge on any atom is 0.254 e. The second-order valence-corrected chi connectivity index (χ2v) is 8.49. The maximum absolute atomic E-state index is 13.0. The topological polar surface area (TPSA) is 70.5 Å². The van der Waals surface area contributed by atoms with Crippen LogP contribution in [0.4, 0.5) is 0 Å². The van der Waals surface area contributed by atoms with Gasteiger partial charge in [-0.1, -0.05) is 18.2 Å². The number of rotatable bonds is 6. The lowest BCUT2D eigenvalue weighted by Crippen LogP contribution is -2.57. The smallest absolute Gasteiger partial charge is 0.254 e. The predicted molar refractivity (Wildman–Crippen MR) is 115 cm³/mol. The Morgan fingerprint density at radius 3 is 2.63 bits per heavy atom. The Bertz CT molecular complexity index is 923. The Kier molecular flexibility index (Phi) is 5.90. The summed E-state index contributed by atoms with van der Waals surface area (Å²) in [7, 11) is 1.93. The number of carbonyl (C=O) groups is 2. The molecule has 3 atom stereocenters. The summed E-state index contributed by atoms with van der Waals surface area (Å²) in [5, 5.41) is 7.53. The Morgan fingerprint density at radius 1 is 1.17 bits per heavy atom. The van der Waals surface area contributed by atoms with Gasteiger partial charge in [-0.15, -0.1) is 0 Å². The van der Waals surface area contributed by atoms with Crippen LogP contribution in [-0.4, -0.2) is 69.7 Å². The van der Waals surface area contributed by atoms with Crippen molar-refractivity contribution in [1.82, 2.24) is 24.9 Å². The van der Waals surface area contributed by atoms with Crippen molar-refractivity contribution < 1.29 is 9.59 Å². The Balaban J connectivity index is 1.33. The van der Waals surface area contributed by atoms with Gasteiger partial charge >= 0.3 is 0 Å². The van der Waals surface area contributed by atoms with Gasteiger partial charge < -0.3 is 10.2 Å². The zero-order valence-electron chi connectivity index (χ0n) is 18.1. The highest BCUT2D eigenvalue weighted by molar-refractivity contribution is 5.94. The van der Waals surface area contributed by atoms with E-state index in [9.17, 15) is 9.59 Å². The van der Waals surface area contributed by atoms with Crippen LogP contribution in [0.15, 0.2) is 30.3 Å². The molecule has 0 saturated carbocycles. The predicted octanol–water partition coefficient (Wildman–Crippen LogP) is 1.68. The third-order valence-electron chi connectivity index (χ3n) is 6.64. The highest BCUT2D eigenvalue weighted by Crippen LogP contribution is 2.26. The van der Waals surface area contributed by atoms with E-state index in [0.29, 0.717) is 25.9 Å². The van der Waals surface area contributed by atoms with Crippen molar-refractivity contribution in [1.29, 1.82) is 0 Å². The van der Waals surface area contributed by atoms with Gasteiger partial charge in [0.05, 0.1) is 5.69 Å². The minimum atomic E-state index is 0.0555. The largest absolute Gasteiger partial charge is 0.354 e. The summed E-state index contributed by atoms with van der Waals surface area (Å²) in [6, 6.07) is 9.94. The van der Waals surface area contributed by atoms with E-state index < -0.39 is 0 Å². The van der Waals surface area contributed by atoms with Crippen molar-refractivity contribution >= 4 is 11.8 Å². The van der Waals surface area contributed by atoms with Crippen LogP contribution in [-0.2, 0) is 18.3 Å². The fraction of sp³-hybridized carbons (Fsp3) is 0.522. The quantitative estimate of drug-likeness (QED) is 0.788. The standard InChI is InChI=1S/C23H31N5O2/c1-16-21(17(2)26(3)25-16)9-10-22(29)24-13-20-15-28(19-11-12-27(20)14-19)23(30)18-7-5-4-6-8-18/h4-8,19-20H,9-15H2,1-3H3,(H,24,29)/t19-,20-/m0/s1. The molecule has 2 aromatic rings. The average Bonchev–Trinajstić information content (AvgIpc) is 3.27. The molecular weight excluding hydrogens is 378 g/mol. The molecule has 2 fully saturated rings. The van der Waals surface area contributed by atoms with Crippen molar-refractivity contribution in [3.63, 3.8) is 0 Å². The van der Waals surface area contributed by atoms with Crippen LogP contribution < -0.4 is 5.32 Å². The minimum Gasteiger partial charge on any atom is -0.354 e. The van der Waals surface area contributed by atoms with Crippen molar-refractivity contribution in [2.24, 2.45) is 7.05 Å². The molecule has 1 unspecified atom stereocenters. The van der Waals surface area contributed by atoms with E-state index in [0.717, 1.165) is 42.0 Å². The third-order valence-corrected chi connectivity index (χ3v) is 6.64. The van der Waals surface area contributed by atoms with Crippen LogP contribution >= 0.6 is 0 Å². The van der Waals surface area contributed by atoms with Gasteiger partial charge in [0.1, 0.15) is 0 Å². The summed E-state index contributed by atoms with van der Waals surface area (Å²) in [6.07, 6.45) is 2.16. The lowest BCUT2D eigenvalue weighted by Gasteiger charge is -2.40. The van der Waals surface area contributed by atoms with Crippen LogP contribution in [0.5, 0.6) is 0 Å². The summed E-state index contributed by atoms with van der Waals surface area (Å²) >= 11 is 0. The number of fused-ring (bicyclic) bond motifs is 2. The highest BCUT2D eigenvalue weighted by atomic mass is 16.2. The first-order valence-corrected chi connectivity index (χ1v) is 10.8. The lowest BCUT2D eigenvalue weighted by atomic mass is 10.1. The summed E-state index contributed by atoms with van der Waals surface area (Å²) in [5.41, 5.74) is 4.01. The zero-order chi connectivity index (χ0) is 21.3. The second-order valence-electron chi connectivity index (χ2n) is 8.49. The summed E-state index contributed by atoms with van der Waals surface area (Å²) in [4.78, 5) is 29.9. The molecule has 7 nitrogen and oxygen atoms in total. The molecule has 7 heteroatoms. The molecule has 4 rings (SSSR count). The molecule has 1 aromatic carbocycles. The first kappa shape index (κ1) is 20.6. The van der Waals surface area contributed by atoms with E-state index in [2.05, 4.69) is 15.3 Å². The third kappa shape index (κ3) is 4.12. The van der Waals surface area contributed by atoms with Crippen LogP contribution in [0.3, 0.4) is 0 Å². The number of nitrogens with one attached hydrogen (secondary N) is 1. The normalized spacial score (nSPS) is 22.9. The summed E-state index contributed by atoms with van der Waals surface area (Å²) in [5.74, 6) is 0.154. The molecule has 2 bridgehead atoms. The van der Waals surface area contributed by atoms with Crippen molar-refractivity contribution in [3.05, 3.63) is 52.8 Å². The first-order chi connectivity index (χ1) is 14.4. The van der Waals surface area contributed by atoms with Gasteiger partial charge in [-0.05, 0) is 44.4 Å². The van der Waals surface area contributed by atoms with Crippen molar-refractivity contribution in [3.8, 4) is 0 Å². The Hall–Kier alpha value is -2.67. The fourth-order valence-electron chi connectivity index (χ4n) is 4.77. The van der Waals surface area contributed by atoms with Crippen LogP contribution in [0, 0.1) is 13.8 Å². The number of amides is 2. The molecule has 2 saturated heterocycles. The molecule has 0 spiro atoms. The zero-order valence-corrected chi connectivity index (χ0v) is 18.1. The second kappa shape index (κ2) is 8.60. The number of nitrogens with zero attached hydrogens (tertiary/aromatic N) is 4. The Labute approximate surface area is 178 Å². The van der Waals surface area contributed by atoms with Gasteiger partial charge in [0, 0.05) is 63.0 Å². The van der Waals surface area contributed by atoms with E-state index in [1.54, 1.807) is 0 Å². The van der Waals surface area contributed by atoms with E-state index in [-0.39, 0.29) is 23.9 Å². The molecule has 2 amide bonds. The number of benzene rings is 1. The maximum atomic E-state index is 13.0. The van der Waals surface area contributed by atoms with Crippen LogP contribution in [0.2, 0.25) is 0 Å². The summed E-state index contributed by atoms with van der Waals surface area (Å²) in [6.45, 7) is 7.15. The number of hydrogen-bond donors (Lipinski definition) is 1. The van der Waals surface area contributed by atoms with E-state index in [4.69, 9.17) is 0 Å². The molecule has 0 radical (unpaired) electrons.